The van der Waals surface area contributed by atoms with Gasteiger partial charge in [0.2, 0.25) is 0 Å². The van der Waals surface area contributed by atoms with Crippen molar-refractivity contribution in [3.63, 3.8) is 0 Å². The second kappa shape index (κ2) is 4.99. The number of pyridine rings is 1. The predicted molar refractivity (Wildman–Crippen MR) is 59.6 cm³/mol. The summed E-state index contributed by atoms with van der Waals surface area (Å²) in [5, 5.41) is 9.35. The number of anilines is 1. The number of primary amides is 1. The Morgan fingerprint density at radius 2 is 2.40 bits per heavy atom. The minimum Gasteiger partial charge on any atom is -0.397 e. The van der Waals surface area contributed by atoms with E-state index in [9.17, 15) is 4.79 Å². The van der Waals surface area contributed by atoms with Gasteiger partial charge in [0.15, 0.2) is 0 Å². The Labute approximate surface area is 91.9 Å². The molecule has 1 atom stereocenters. The van der Waals surface area contributed by atoms with Crippen LogP contribution in [0.2, 0.25) is 0 Å². The highest BCUT2D eigenvalue weighted by Crippen LogP contribution is 2.25. The number of aliphatic hydroxyl groups excluding tert-OH is 1. The molecule has 82 valence electrons. The molecule has 1 heterocycles. The van der Waals surface area contributed by atoms with Gasteiger partial charge in [-0.05, 0) is 6.07 Å². The lowest BCUT2D eigenvalue weighted by Crippen LogP contribution is -2.15. The lowest BCUT2D eigenvalue weighted by molar-refractivity contribution is 0.0997. The van der Waals surface area contributed by atoms with E-state index in [4.69, 9.17) is 16.6 Å². The first-order chi connectivity index (χ1) is 7.04. The van der Waals surface area contributed by atoms with Gasteiger partial charge in [0.05, 0.1) is 24.1 Å². The number of nitrogen functional groups attached to an aromatic ring is 1. The molecule has 1 amide bonds. The van der Waals surface area contributed by atoms with Crippen LogP contribution in [0.15, 0.2) is 17.3 Å². The summed E-state index contributed by atoms with van der Waals surface area (Å²) < 4.78 is 0. The molecule has 6 heteroatoms. The number of aliphatic hydroxyl groups is 1. The van der Waals surface area contributed by atoms with Crippen LogP contribution in [-0.4, -0.2) is 27.9 Å². The van der Waals surface area contributed by atoms with Crippen molar-refractivity contribution in [2.24, 2.45) is 5.73 Å². The van der Waals surface area contributed by atoms with E-state index in [2.05, 4.69) is 4.98 Å². The highest BCUT2D eigenvalue weighted by Gasteiger charge is 2.13. The number of hydrogen-bond acceptors (Lipinski definition) is 5. The largest absolute Gasteiger partial charge is 0.397 e. The molecule has 0 spiro atoms. The first-order valence-corrected chi connectivity index (χ1v) is 5.25. The van der Waals surface area contributed by atoms with Crippen molar-refractivity contribution in [1.29, 1.82) is 0 Å². The third kappa shape index (κ3) is 3.10. The van der Waals surface area contributed by atoms with Crippen LogP contribution in [0, 0.1) is 0 Å². The molecule has 0 aliphatic rings. The van der Waals surface area contributed by atoms with Gasteiger partial charge in [-0.1, -0.05) is 6.92 Å². The Balaban J connectivity index is 3.01. The molecular formula is C9H13N3O2S. The Hall–Kier alpha value is -1.27. The molecule has 1 aromatic heterocycles. The zero-order chi connectivity index (χ0) is 11.4. The lowest BCUT2D eigenvalue weighted by atomic mass is 10.2. The Morgan fingerprint density at radius 3 is 2.93 bits per heavy atom. The number of carbonyl (C=O) groups excluding carboxylic acids is 1. The van der Waals surface area contributed by atoms with E-state index in [-0.39, 0.29) is 11.9 Å². The van der Waals surface area contributed by atoms with Crippen LogP contribution in [0.3, 0.4) is 0 Å². The van der Waals surface area contributed by atoms with Gasteiger partial charge < -0.3 is 16.6 Å². The number of aromatic nitrogens is 1. The molecule has 0 aliphatic heterocycles. The van der Waals surface area contributed by atoms with Gasteiger partial charge in [-0.15, -0.1) is 11.8 Å². The van der Waals surface area contributed by atoms with Crippen LogP contribution < -0.4 is 11.5 Å². The molecule has 5 N–H and O–H groups in total. The summed E-state index contributed by atoms with van der Waals surface area (Å²) >= 11 is 1.29. The van der Waals surface area contributed by atoms with Crippen LogP contribution >= 0.6 is 11.8 Å². The van der Waals surface area contributed by atoms with Crippen molar-refractivity contribution in [2.45, 2.75) is 17.2 Å². The van der Waals surface area contributed by atoms with Crippen LogP contribution in [0.1, 0.15) is 17.3 Å². The van der Waals surface area contributed by atoms with Crippen molar-refractivity contribution in [1.82, 2.24) is 4.98 Å². The smallest absolute Gasteiger partial charge is 0.251 e. The van der Waals surface area contributed by atoms with Crippen molar-refractivity contribution in [3.8, 4) is 0 Å². The molecule has 5 nitrogen and oxygen atoms in total. The zero-order valence-electron chi connectivity index (χ0n) is 8.30. The van der Waals surface area contributed by atoms with Crippen LogP contribution in [0.5, 0.6) is 0 Å². The maximum atomic E-state index is 11.1. The van der Waals surface area contributed by atoms with Crippen molar-refractivity contribution >= 4 is 23.4 Å². The minimum atomic E-state index is -0.567. The maximum absolute atomic E-state index is 11.1. The van der Waals surface area contributed by atoms with Crippen molar-refractivity contribution in [2.75, 3.05) is 12.3 Å². The topological polar surface area (TPSA) is 102 Å². The van der Waals surface area contributed by atoms with E-state index >= 15 is 0 Å². The third-order valence-corrected chi connectivity index (χ3v) is 2.81. The summed E-state index contributed by atoms with van der Waals surface area (Å²) in [6.07, 6.45) is 1.46. The number of carbonyl (C=O) groups is 1. The van der Waals surface area contributed by atoms with Gasteiger partial charge in [0.1, 0.15) is 5.03 Å². The average Bonchev–Trinajstić information content (AvgIpc) is 2.20. The van der Waals surface area contributed by atoms with E-state index in [1.165, 1.54) is 24.0 Å². The van der Waals surface area contributed by atoms with E-state index in [0.717, 1.165) is 0 Å². The second-order valence-corrected chi connectivity index (χ2v) is 4.52. The molecule has 0 aliphatic carbocycles. The van der Waals surface area contributed by atoms with E-state index in [0.29, 0.717) is 16.3 Å². The number of nitrogens with two attached hydrogens (primary N) is 2. The number of amides is 1. The summed E-state index contributed by atoms with van der Waals surface area (Å²) in [6, 6.07) is 1.49. The average molecular weight is 227 g/mol. The first kappa shape index (κ1) is 11.8. The third-order valence-electron chi connectivity index (χ3n) is 1.71. The molecular weight excluding hydrogens is 214 g/mol. The quantitative estimate of drug-likeness (QED) is 0.639. The molecule has 1 aromatic rings. The predicted octanol–water partition coefficient (Wildman–Crippen LogP) is 0.236. The lowest BCUT2D eigenvalue weighted by Gasteiger charge is -2.09. The molecule has 0 fully saturated rings. The fraction of sp³-hybridized carbons (Fsp3) is 0.333. The minimum absolute atomic E-state index is 0.00885. The summed E-state index contributed by atoms with van der Waals surface area (Å²) in [7, 11) is 0. The SMILES string of the molecule is CC(CO)Sc1ncc(N)cc1C(N)=O. The highest BCUT2D eigenvalue weighted by molar-refractivity contribution is 7.99. The molecule has 0 saturated carbocycles. The van der Waals surface area contributed by atoms with Crippen LogP contribution in [0.25, 0.3) is 0 Å². The van der Waals surface area contributed by atoms with Gasteiger partial charge in [0.25, 0.3) is 5.91 Å². The van der Waals surface area contributed by atoms with Gasteiger partial charge in [-0.3, -0.25) is 4.79 Å². The standard InChI is InChI=1S/C9H13N3O2S/c1-5(4-13)15-9-7(8(11)14)2-6(10)3-12-9/h2-3,5,13H,4,10H2,1H3,(H2,11,14). The Bertz CT molecular complexity index is 370. The molecule has 0 radical (unpaired) electrons. The second-order valence-electron chi connectivity index (χ2n) is 3.10. The van der Waals surface area contributed by atoms with Crippen LogP contribution in [-0.2, 0) is 0 Å². The fourth-order valence-electron chi connectivity index (χ4n) is 0.967. The number of rotatable bonds is 4. The van der Waals surface area contributed by atoms with Crippen molar-refractivity contribution < 1.29 is 9.90 Å². The number of nitrogens with zero attached hydrogens (tertiary/aromatic N) is 1. The molecule has 0 bridgehead atoms. The molecule has 1 unspecified atom stereocenters. The van der Waals surface area contributed by atoms with Crippen LogP contribution in [0.4, 0.5) is 5.69 Å². The fourth-order valence-corrected chi connectivity index (χ4v) is 1.82. The summed E-state index contributed by atoms with van der Waals surface area (Å²) in [6.45, 7) is 1.84. The molecule has 0 saturated heterocycles. The van der Waals surface area contributed by atoms with E-state index < -0.39 is 5.91 Å². The van der Waals surface area contributed by atoms with E-state index in [1.54, 1.807) is 0 Å². The normalized spacial score (nSPS) is 12.4. The first-order valence-electron chi connectivity index (χ1n) is 4.37. The molecule has 0 aromatic carbocycles. The Morgan fingerprint density at radius 1 is 1.73 bits per heavy atom. The molecule has 15 heavy (non-hydrogen) atoms. The number of thioether (sulfide) groups is 1. The maximum Gasteiger partial charge on any atom is 0.251 e. The monoisotopic (exact) mass is 227 g/mol. The summed E-state index contributed by atoms with van der Waals surface area (Å²) in [5.41, 5.74) is 11.4. The van der Waals surface area contributed by atoms with Gasteiger partial charge >= 0.3 is 0 Å². The Kier molecular flexibility index (Phi) is 3.93. The van der Waals surface area contributed by atoms with Gasteiger partial charge in [-0.2, -0.15) is 0 Å². The zero-order valence-corrected chi connectivity index (χ0v) is 9.12. The van der Waals surface area contributed by atoms with Gasteiger partial charge in [0, 0.05) is 5.25 Å². The summed E-state index contributed by atoms with van der Waals surface area (Å²) in [5.74, 6) is -0.567. The van der Waals surface area contributed by atoms with Crippen molar-refractivity contribution in [3.05, 3.63) is 17.8 Å². The highest BCUT2D eigenvalue weighted by atomic mass is 32.2. The number of hydrogen-bond donors (Lipinski definition) is 3. The van der Waals surface area contributed by atoms with E-state index in [1.807, 2.05) is 6.92 Å². The van der Waals surface area contributed by atoms with Gasteiger partial charge in [-0.25, -0.2) is 4.98 Å². The molecule has 1 rings (SSSR count). The summed E-state index contributed by atoms with van der Waals surface area (Å²) in [4.78, 5) is 15.1.